The van der Waals surface area contributed by atoms with E-state index in [2.05, 4.69) is 29.2 Å². The van der Waals surface area contributed by atoms with Gasteiger partial charge in [0, 0.05) is 18.0 Å². The number of benzene rings is 1. The first-order valence-electron chi connectivity index (χ1n) is 6.20. The number of aromatic nitrogens is 2. The van der Waals surface area contributed by atoms with Crippen LogP contribution in [0.15, 0.2) is 48.8 Å². The summed E-state index contributed by atoms with van der Waals surface area (Å²) in [5.41, 5.74) is 9.73. The Kier molecular flexibility index (Phi) is 3.23. The molecule has 96 valence electrons. The minimum Gasteiger partial charge on any atom is -0.330 e. The molecule has 19 heavy (non-hydrogen) atoms. The maximum Gasteiger partial charge on any atom is 0.137 e. The van der Waals surface area contributed by atoms with Crippen LogP contribution in [-0.4, -0.2) is 15.9 Å². The molecule has 4 heteroatoms. The predicted octanol–water partition coefficient (Wildman–Crippen LogP) is 3.16. The van der Waals surface area contributed by atoms with E-state index in [4.69, 9.17) is 17.3 Å². The van der Waals surface area contributed by atoms with Crippen LogP contribution in [0.3, 0.4) is 0 Å². The van der Waals surface area contributed by atoms with Crippen LogP contribution in [0.2, 0.25) is 5.02 Å². The zero-order valence-corrected chi connectivity index (χ0v) is 11.1. The third-order valence-electron chi connectivity index (χ3n) is 3.10. The van der Waals surface area contributed by atoms with Crippen molar-refractivity contribution in [1.82, 2.24) is 9.38 Å². The van der Waals surface area contributed by atoms with E-state index in [0.29, 0.717) is 11.6 Å². The van der Waals surface area contributed by atoms with Crippen molar-refractivity contribution in [3.63, 3.8) is 0 Å². The summed E-state index contributed by atoms with van der Waals surface area (Å²) in [6.07, 6.45) is 4.75. The Balaban J connectivity index is 1.99. The lowest BCUT2D eigenvalue weighted by Crippen LogP contribution is -2.02. The van der Waals surface area contributed by atoms with Crippen LogP contribution in [0.5, 0.6) is 0 Å². The van der Waals surface area contributed by atoms with E-state index in [0.717, 1.165) is 23.3 Å². The van der Waals surface area contributed by atoms with Gasteiger partial charge in [0.15, 0.2) is 0 Å². The summed E-state index contributed by atoms with van der Waals surface area (Å²) < 4.78 is 1.94. The standard InChI is InChI=1S/C15H14ClN3/c16-13-5-6-15-18-14(10-19(15)9-13)12-3-1-11(2-4-12)7-8-17/h1-6,9-10H,7-8,17H2. The Morgan fingerprint density at radius 1 is 1.05 bits per heavy atom. The molecule has 2 aromatic heterocycles. The quantitative estimate of drug-likeness (QED) is 0.795. The summed E-state index contributed by atoms with van der Waals surface area (Å²) in [5, 5.41) is 0.703. The third-order valence-corrected chi connectivity index (χ3v) is 3.32. The fourth-order valence-corrected chi connectivity index (χ4v) is 2.28. The van der Waals surface area contributed by atoms with Crippen molar-refractivity contribution in [3.8, 4) is 11.3 Å². The summed E-state index contributed by atoms with van der Waals surface area (Å²) >= 11 is 5.97. The highest BCUT2D eigenvalue weighted by atomic mass is 35.5. The Bertz CT molecular complexity index is 701. The van der Waals surface area contributed by atoms with Gasteiger partial charge >= 0.3 is 0 Å². The van der Waals surface area contributed by atoms with Gasteiger partial charge in [-0.05, 0) is 30.7 Å². The maximum absolute atomic E-state index is 5.97. The number of hydrogen-bond donors (Lipinski definition) is 1. The lowest BCUT2D eigenvalue weighted by atomic mass is 10.1. The van der Waals surface area contributed by atoms with Crippen LogP contribution >= 0.6 is 11.6 Å². The summed E-state index contributed by atoms with van der Waals surface area (Å²) in [6.45, 7) is 0.673. The van der Waals surface area contributed by atoms with Crippen molar-refractivity contribution >= 4 is 17.2 Å². The lowest BCUT2D eigenvalue weighted by Gasteiger charge is -2.00. The van der Waals surface area contributed by atoms with Gasteiger partial charge < -0.3 is 10.1 Å². The molecule has 3 aromatic rings. The molecule has 0 bridgehead atoms. The summed E-state index contributed by atoms with van der Waals surface area (Å²) in [4.78, 5) is 4.58. The smallest absolute Gasteiger partial charge is 0.137 e. The SMILES string of the molecule is NCCc1ccc(-c2cn3cc(Cl)ccc3n2)cc1. The van der Waals surface area contributed by atoms with Gasteiger partial charge in [0.25, 0.3) is 0 Å². The van der Waals surface area contributed by atoms with Crippen LogP contribution in [0.1, 0.15) is 5.56 Å². The summed E-state index contributed by atoms with van der Waals surface area (Å²) in [6, 6.07) is 12.1. The molecule has 3 nitrogen and oxygen atoms in total. The van der Waals surface area contributed by atoms with Gasteiger partial charge in [0.1, 0.15) is 5.65 Å². The largest absolute Gasteiger partial charge is 0.330 e. The molecule has 0 aliphatic heterocycles. The van der Waals surface area contributed by atoms with E-state index in [1.54, 1.807) is 0 Å². The van der Waals surface area contributed by atoms with Crippen molar-refractivity contribution in [1.29, 1.82) is 0 Å². The minimum absolute atomic E-state index is 0.673. The lowest BCUT2D eigenvalue weighted by molar-refractivity contribution is 0.969. The van der Waals surface area contributed by atoms with Gasteiger partial charge in [-0.2, -0.15) is 0 Å². The van der Waals surface area contributed by atoms with Gasteiger partial charge in [0.05, 0.1) is 10.7 Å². The molecule has 0 saturated carbocycles. The molecule has 2 heterocycles. The number of nitrogens with zero attached hydrogens (tertiary/aromatic N) is 2. The third kappa shape index (κ3) is 2.48. The molecular weight excluding hydrogens is 258 g/mol. The fourth-order valence-electron chi connectivity index (χ4n) is 2.11. The number of halogens is 1. The van der Waals surface area contributed by atoms with E-state index in [1.807, 2.05) is 28.9 Å². The van der Waals surface area contributed by atoms with Crippen molar-refractivity contribution < 1.29 is 0 Å². The monoisotopic (exact) mass is 271 g/mol. The molecule has 0 aliphatic carbocycles. The molecule has 2 N–H and O–H groups in total. The van der Waals surface area contributed by atoms with E-state index in [1.165, 1.54) is 5.56 Å². The van der Waals surface area contributed by atoms with Crippen LogP contribution in [0.25, 0.3) is 16.9 Å². The first kappa shape index (κ1) is 12.2. The Morgan fingerprint density at radius 2 is 1.84 bits per heavy atom. The Morgan fingerprint density at radius 3 is 2.58 bits per heavy atom. The minimum atomic E-state index is 0.673. The number of imidazole rings is 1. The summed E-state index contributed by atoms with van der Waals surface area (Å²) in [5.74, 6) is 0. The first-order valence-corrected chi connectivity index (χ1v) is 6.58. The van der Waals surface area contributed by atoms with E-state index < -0.39 is 0 Å². The molecule has 0 aliphatic rings. The molecule has 3 rings (SSSR count). The van der Waals surface area contributed by atoms with Crippen LogP contribution in [0, 0.1) is 0 Å². The molecule has 0 spiro atoms. The van der Waals surface area contributed by atoms with E-state index in [9.17, 15) is 0 Å². The second-order valence-electron chi connectivity index (χ2n) is 4.47. The van der Waals surface area contributed by atoms with Crippen molar-refractivity contribution in [2.75, 3.05) is 6.54 Å². The van der Waals surface area contributed by atoms with Crippen LogP contribution in [0.4, 0.5) is 0 Å². The molecule has 1 aromatic carbocycles. The molecule has 0 radical (unpaired) electrons. The second-order valence-corrected chi connectivity index (χ2v) is 4.91. The van der Waals surface area contributed by atoms with Crippen molar-refractivity contribution in [2.24, 2.45) is 5.73 Å². The normalized spacial score (nSPS) is 11.1. The molecule has 0 atom stereocenters. The number of pyridine rings is 1. The zero-order valence-electron chi connectivity index (χ0n) is 10.4. The molecule has 0 amide bonds. The molecule has 0 unspecified atom stereocenters. The second kappa shape index (κ2) is 5.03. The summed E-state index contributed by atoms with van der Waals surface area (Å²) in [7, 11) is 0. The maximum atomic E-state index is 5.97. The van der Waals surface area contributed by atoms with Crippen LogP contribution < -0.4 is 5.73 Å². The number of nitrogens with two attached hydrogens (primary N) is 1. The molecule has 0 fully saturated rings. The number of hydrogen-bond acceptors (Lipinski definition) is 2. The van der Waals surface area contributed by atoms with Gasteiger partial charge in [-0.1, -0.05) is 35.9 Å². The highest BCUT2D eigenvalue weighted by Crippen LogP contribution is 2.21. The first-order chi connectivity index (χ1) is 9.26. The van der Waals surface area contributed by atoms with Gasteiger partial charge in [-0.3, -0.25) is 0 Å². The van der Waals surface area contributed by atoms with Gasteiger partial charge in [-0.25, -0.2) is 4.98 Å². The van der Waals surface area contributed by atoms with Crippen molar-refractivity contribution in [3.05, 3.63) is 59.4 Å². The molecular formula is C15H14ClN3. The number of fused-ring (bicyclic) bond motifs is 1. The Hall–Kier alpha value is -1.84. The zero-order chi connectivity index (χ0) is 13.2. The van der Waals surface area contributed by atoms with Crippen LogP contribution in [-0.2, 0) is 6.42 Å². The topological polar surface area (TPSA) is 43.3 Å². The van der Waals surface area contributed by atoms with Gasteiger partial charge in [-0.15, -0.1) is 0 Å². The van der Waals surface area contributed by atoms with E-state index in [-0.39, 0.29) is 0 Å². The highest BCUT2D eigenvalue weighted by molar-refractivity contribution is 6.30. The predicted molar refractivity (Wildman–Crippen MR) is 78.4 cm³/mol. The van der Waals surface area contributed by atoms with Gasteiger partial charge in [0.2, 0.25) is 0 Å². The average molecular weight is 272 g/mol. The number of rotatable bonds is 3. The fraction of sp³-hybridized carbons (Fsp3) is 0.133. The highest BCUT2D eigenvalue weighted by Gasteiger charge is 2.04. The Labute approximate surface area is 116 Å². The van der Waals surface area contributed by atoms with E-state index >= 15 is 0 Å². The molecule has 0 saturated heterocycles. The average Bonchev–Trinajstić information content (AvgIpc) is 2.83. The van der Waals surface area contributed by atoms with Crippen molar-refractivity contribution in [2.45, 2.75) is 6.42 Å².